The molecule has 0 spiro atoms. The number of ether oxygens (including phenoxy) is 3. The zero-order chi connectivity index (χ0) is 77.6. The maximum atomic E-state index is 12.6. The number of hydrogen-bond acceptors (Lipinski definition) is 18. The molecule has 1 fully saturated rings. The number of nitrogens with two attached hydrogens (primary N) is 1. The lowest BCUT2D eigenvalue weighted by Crippen LogP contribution is -2.45. The van der Waals surface area contributed by atoms with E-state index in [4.69, 9.17) is 5.73 Å². The Kier molecular flexibility index (Phi) is 24.3. The number of rotatable bonds is 23. The van der Waals surface area contributed by atoms with Crippen LogP contribution in [0, 0.1) is 5.92 Å². The van der Waals surface area contributed by atoms with E-state index in [-0.39, 0.29) is 35.0 Å². The van der Waals surface area contributed by atoms with Crippen LogP contribution in [-0.2, 0) is 0 Å². The van der Waals surface area contributed by atoms with Crippen molar-refractivity contribution in [1.82, 2.24) is 69.5 Å². The Morgan fingerprint density at radius 3 is 1.06 bits per heavy atom. The van der Waals surface area contributed by atoms with E-state index in [0.717, 1.165) is 26.1 Å². The number of aromatic nitrogens is 9. The largest absolute Gasteiger partial charge is 0.573 e. The van der Waals surface area contributed by atoms with Gasteiger partial charge in [0, 0.05) is 82.2 Å². The van der Waals surface area contributed by atoms with Crippen molar-refractivity contribution >= 4 is 69.6 Å². The minimum Gasteiger partial charge on any atom is -0.406 e. The summed E-state index contributed by atoms with van der Waals surface area (Å²) in [6.07, 6.45) is -10.9. The highest BCUT2D eigenvalue weighted by Gasteiger charge is 2.33. The Morgan fingerprint density at radius 1 is 0.450 bits per heavy atom. The van der Waals surface area contributed by atoms with Crippen LogP contribution in [0.3, 0.4) is 0 Å². The number of benzene rings is 6. The average molecular weight is 1510 g/mol. The number of alkyl halides is 9. The number of fused-ring (bicyclic) bond motifs is 3. The van der Waals surface area contributed by atoms with E-state index in [2.05, 4.69) is 88.3 Å². The van der Waals surface area contributed by atoms with Gasteiger partial charge in [0.05, 0.1) is 17.1 Å². The summed E-state index contributed by atoms with van der Waals surface area (Å²) in [6.45, 7) is 8.19. The molecule has 0 bridgehead atoms. The zero-order valence-corrected chi connectivity index (χ0v) is 59.3. The van der Waals surface area contributed by atoms with E-state index in [1.165, 1.54) is 85.6 Å². The molecule has 1 aliphatic heterocycles. The molecule has 6 aromatic heterocycles. The fourth-order valence-corrected chi connectivity index (χ4v) is 11.3. The van der Waals surface area contributed by atoms with Gasteiger partial charge in [0.25, 0.3) is 17.7 Å². The quantitative estimate of drug-likeness (QED) is 0.0293. The van der Waals surface area contributed by atoms with E-state index in [1.807, 2.05) is 32.8 Å². The maximum absolute atomic E-state index is 12.6. The second-order valence-corrected chi connectivity index (χ2v) is 26.2. The number of halogens is 9. The van der Waals surface area contributed by atoms with Crippen LogP contribution in [-0.4, -0.2) is 156 Å². The lowest BCUT2D eigenvalue weighted by molar-refractivity contribution is -0.275. The molecule has 1 saturated heterocycles. The van der Waals surface area contributed by atoms with Gasteiger partial charge in [-0.3, -0.25) is 14.4 Å². The van der Waals surface area contributed by atoms with Crippen molar-refractivity contribution in [3.8, 4) is 51.0 Å². The first-order chi connectivity index (χ1) is 51.9. The van der Waals surface area contributed by atoms with Crippen molar-refractivity contribution in [2.45, 2.75) is 57.7 Å². The number of hydrogen-bond donors (Lipinski definition) is 7. The smallest absolute Gasteiger partial charge is 0.406 e. The summed E-state index contributed by atoms with van der Waals surface area (Å²) in [6, 6.07) is 53.4. The average Bonchev–Trinajstić information content (AvgIpc) is 1.68. The molecule has 33 heteroatoms. The Bertz CT molecular complexity index is 5040. The molecule has 12 aromatic rings. The zero-order valence-electron chi connectivity index (χ0n) is 59.3. The van der Waals surface area contributed by atoms with Crippen LogP contribution in [0.4, 0.5) is 74.4 Å². The van der Waals surface area contributed by atoms with Gasteiger partial charge >= 0.3 is 19.1 Å². The molecule has 1 aliphatic rings. The molecule has 0 atom stereocenters. The molecule has 6 aromatic carbocycles. The second-order valence-electron chi connectivity index (χ2n) is 26.2. The van der Waals surface area contributed by atoms with Gasteiger partial charge in [-0.05, 0) is 255 Å². The van der Waals surface area contributed by atoms with Crippen LogP contribution in [0.1, 0.15) is 64.2 Å². The Balaban J connectivity index is 0.000000163. The van der Waals surface area contributed by atoms with Gasteiger partial charge in [-0.2, -0.15) is 15.0 Å². The number of likely N-dealkylation sites (N-methyl/N-ethyl adjacent to an activating group) is 1. The minimum absolute atomic E-state index is 0.100. The summed E-state index contributed by atoms with van der Waals surface area (Å²) >= 11 is 0. The van der Waals surface area contributed by atoms with Crippen molar-refractivity contribution in [2.24, 2.45) is 11.7 Å². The fraction of sp³-hybridized carbons (Fsp3) is 0.250. The van der Waals surface area contributed by atoms with Crippen molar-refractivity contribution in [1.29, 1.82) is 0 Å². The molecule has 7 heterocycles. The van der Waals surface area contributed by atoms with Crippen molar-refractivity contribution in [3.63, 3.8) is 0 Å². The molecule has 24 nitrogen and oxygen atoms in total. The van der Waals surface area contributed by atoms with Gasteiger partial charge in [-0.25, -0.2) is 13.5 Å². The van der Waals surface area contributed by atoms with E-state index < -0.39 is 24.6 Å². The van der Waals surface area contributed by atoms with Crippen molar-refractivity contribution < 1.29 is 68.1 Å². The first-order valence-electron chi connectivity index (χ1n) is 34.1. The molecule has 109 heavy (non-hydrogen) atoms. The van der Waals surface area contributed by atoms with Crippen LogP contribution in [0.15, 0.2) is 200 Å². The first-order valence-corrected chi connectivity index (χ1v) is 34.1. The normalized spacial score (nSPS) is 12.9. The number of carbonyl (C=O) groups is 3. The highest BCUT2D eigenvalue weighted by molar-refractivity contribution is 5.96. The van der Waals surface area contributed by atoms with Gasteiger partial charge in [0.1, 0.15) is 17.2 Å². The van der Waals surface area contributed by atoms with Crippen LogP contribution in [0.5, 0.6) is 17.2 Å². The molecular weight excluding hydrogens is 1430 g/mol. The van der Waals surface area contributed by atoms with Crippen LogP contribution in [0.2, 0.25) is 0 Å². The third kappa shape index (κ3) is 22.6. The van der Waals surface area contributed by atoms with Crippen LogP contribution in [0.25, 0.3) is 50.7 Å². The fourth-order valence-electron chi connectivity index (χ4n) is 11.3. The molecule has 0 saturated carbocycles. The predicted molar refractivity (Wildman–Crippen MR) is 393 cm³/mol. The lowest BCUT2D eigenvalue weighted by Gasteiger charge is -2.28. The maximum Gasteiger partial charge on any atom is 0.573 e. The summed E-state index contributed by atoms with van der Waals surface area (Å²) in [7, 11) is 6.01. The van der Waals surface area contributed by atoms with Gasteiger partial charge in [0.2, 0.25) is 17.8 Å². The van der Waals surface area contributed by atoms with E-state index in [1.54, 1.807) is 141 Å². The van der Waals surface area contributed by atoms with Gasteiger partial charge in [-0.1, -0.05) is 18.2 Å². The Morgan fingerprint density at radius 2 is 0.761 bits per heavy atom. The van der Waals surface area contributed by atoms with Crippen LogP contribution < -0.4 is 51.8 Å². The molecule has 0 aliphatic carbocycles. The molecule has 13 rings (SSSR count). The number of amides is 3. The molecule has 568 valence electrons. The predicted octanol–water partition coefficient (Wildman–Crippen LogP) is 14.3. The summed E-state index contributed by atoms with van der Waals surface area (Å²) in [5.41, 5.74) is 14.6. The lowest BCUT2D eigenvalue weighted by atomic mass is 9.94. The summed E-state index contributed by atoms with van der Waals surface area (Å²) < 4.78 is 128. The summed E-state index contributed by atoms with van der Waals surface area (Å²) in [5.74, 6) is 0.267. The third-order valence-corrected chi connectivity index (χ3v) is 16.7. The Labute approximate surface area is 618 Å². The highest BCUT2D eigenvalue weighted by atomic mass is 19.4. The number of likely N-dealkylation sites (tertiary alicyclic amines) is 1. The first kappa shape index (κ1) is 77.7. The van der Waals surface area contributed by atoms with Gasteiger partial charge < -0.3 is 61.6 Å². The number of carbonyl (C=O) groups excluding carboxylic acids is 3. The van der Waals surface area contributed by atoms with E-state index in [9.17, 15) is 53.9 Å². The minimum atomic E-state index is -4.75. The van der Waals surface area contributed by atoms with E-state index >= 15 is 0 Å². The van der Waals surface area contributed by atoms with Gasteiger partial charge in [0.15, 0.2) is 16.9 Å². The summed E-state index contributed by atoms with van der Waals surface area (Å²) in [4.78, 5) is 54.8. The van der Waals surface area contributed by atoms with E-state index in [0.29, 0.717) is 128 Å². The Hall–Kier alpha value is -12.4. The number of nitrogens with one attached hydrogen (secondary N) is 6. The highest BCUT2D eigenvalue weighted by Crippen LogP contribution is 2.32. The number of pyridine rings is 3. The molecule has 0 radical (unpaired) electrons. The van der Waals surface area contributed by atoms with Gasteiger partial charge in [-0.15, -0.1) is 54.8 Å². The third-order valence-electron chi connectivity index (χ3n) is 16.7. The molecule has 0 unspecified atom stereocenters. The monoisotopic (exact) mass is 1510 g/mol. The van der Waals surface area contributed by atoms with Crippen molar-refractivity contribution in [3.05, 3.63) is 217 Å². The standard InChI is InChI=1S/C28H29F3N6O2.2C24H23F3N6O2/c1-36-17-14-19(15-18-36)13-16-32-26(38)21-5-9-22(10-6-21)33-27-34-25-4-2-3-24(37(25)35-27)20-7-11-23(12-8-20)39-28(29,30)31;1-32(2)15-14-28-22(34)17-6-10-18(11-7-17)29-23-30-21-5-3-4-20(33(21)31-23)16-8-12-19(13-9-16)35-24(25,26)27;1-23(2,28)14-29-21(34)16-6-10-17(11-7-16)30-22-31-20-5-3-4-19(33(20)32-22)15-8-12-18(13-9-15)35-24(25,26)27/h2-12,19H,13-18H2,1H3,(H,32,38)(H,33,35);3-13H,14-15H2,1-2H3,(H,28,34)(H,29,31);3-13H,14,28H2,1-2H3,(H,29,34)(H,30,32). The summed E-state index contributed by atoms with van der Waals surface area (Å²) in [5, 5.41) is 31.5. The SMILES string of the molecule is CC(C)(N)CNC(=O)c1ccc(Nc2nc3cccc(-c4ccc(OC(F)(F)F)cc4)n3n2)cc1.CN(C)CCNC(=O)c1ccc(Nc2nc3cccc(-c4ccc(OC(F)(F)F)cc4)n3n2)cc1.CN1CCC(CCNC(=O)c2ccc(Nc3nc4cccc(-c5ccc(OC(F)(F)F)cc5)n4n3)cc2)CC1. The molecular formula is C76H75F9N18O6. The number of anilines is 6. The number of piperidine rings is 1. The molecule has 3 amide bonds. The van der Waals surface area contributed by atoms with Crippen LogP contribution >= 0.6 is 0 Å². The topological polar surface area (TPSA) is 274 Å². The number of nitrogens with zero attached hydrogens (tertiary/aromatic N) is 11. The molecule has 8 N–H and O–H groups in total. The second kappa shape index (κ2) is 34.0. The van der Waals surface area contributed by atoms with Crippen molar-refractivity contribution in [2.75, 3.05) is 76.4 Å².